The average Bonchev–Trinajstić information content (AvgIpc) is 2.58. The number of hydrogen-bond donors (Lipinski definition) is 3. The van der Waals surface area contributed by atoms with Gasteiger partial charge in [-0.05, 0) is 55.9 Å². The second-order valence-electron chi connectivity index (χ2n) is 6.06. The summed E-state index contributed by atoms with van der Waals surface area (Å²) >= 11 is 17.4. The molecule has 0 radical (unpaired) electrons. The number of rotatable bonds is 3. The first-order chi connectivity index (χ1) is 12.3. The Morgan fingerprint density at radius 1 is 1.08 bits per heavy atom. The van der Waals surface area contributed by atoms with Crippen LogP contribution in [-0.4, -0.2) is 11.0 Å². The van der Waals surface area contributed by atoms with Crippen molar-refractivity contribution < 1.29 is 4.79 Å². The van der Waals surface area contributed by atoms with Crippen LogP contribution >= 0.6 is 35.4 Å². The number of halogens is 2. The molecule has 26 heavy (non-hydrogen) atoms. The van der Waals surface area contributed by atoms with Crippen LogP contribution < -0.4 is 16.0 Å². The van der Waals surface area contributed by atoms with Crippen LogP contribution in [0.5, 0.6) is 0 Å². The molecule has 3 rings (SSSR count). The van der Waals surface area contributed by atoms with Crippen LogP contribution in [0.4, 0.5) is 5.69 Å². The van der Waals surface area contributed by atoms with E-state index in [2.05, 4.69) is 16.0 Å². The molecule has 0 bridgehead atoms. The van der Waals surface area contributed by atoms with Gasteiger partial charge < -0.3 is 16.0 Å². The summed E-state index contributed by atoms with van der Waals surface area (Å²) in [4.78, 5) is 13.0. The Bertz CT molecular complexity index is 910. The van der Waals surface area contributed by atoms with E-state index in [1.54, 1.807) is 12.1 Å². The summed E-state index contributed by atoms with van der Waals surface area (Å²) in [7, 11) is 0. The van der Waals surface area contributed by atoms with Crippen molar-refractivity contribution in [3.05, 3.63) is 74.9 Å². The Balaban J connectivity index is 1.95. The van der Waals surface area contributed by atoms with E-state index < -0.39 is 6.04 Å². The van der Waals surface area contributed by atoms with E-state index >= 15 is 0 Å². The average molecular weight is 406 g/mol. The van der Waals surface area contributed by atoms with Crippen LogP contribution in [0.25, 0.3) is 0 Å². The quantitative estimate of drug-likeness (QED) is 0.645. The first-order valence-corrected chi connectivity index (χ1v) is 9.13. The molecule has 134 valence electrons. The molecule has 4 nitrogen and oxygen atoms in total. The zero-order valence-electron chi connectivity index (χ0n) is 14.2. The van der Waals surface area contributed by atoms with Gasteiger partial charge in [-0.2, -0.15) is 0 Å². The van der Waals surface area contributed by atoms with Crippen molar-refractivity contribution in [3.8, 4) is 0 Å². The van der Waals surface area contributed by atoms with Crippen LogP contribution in [0.1, 0.15) is 24.1 Å². The number of amides is 1. The maximum Gasteiger partial charge on any atom is 0.255 e. The number of anilines is 1. The second kappa shape index (κ2) is 7.66. The molecular formula is C19H17Cl2N3OS. The van der Waals surface area contributed by atoms with Crippen LogP contribution in [0.15, 0.2) is 53.7 Å². The first-order valence-electron chi connectivity index (χ1n) is 7.96. The van der Waals surface area contributed by atoms with Crippen molar-refractivity contribution in [2.75, 3.05) is 5.32 Å². The fourth-order valence-corrected chi connectivity index (χ4v) is 3.35. The summed E-state index contributed by atoms with van der Waals surface area (Å²) < 4.78 is 0. The number of carbonyl (C=O) groups is 1. The smallest absolute Gasteiger partial charge is 0.255 e. The maximum atomic E-state index is 13.0. The maximum absolute atomic E-state index is 13.0. The van der Waals surface area contributed by atoms with Gasteiger partial charge in [0.1, 0.15) is 0 Å². The highest BCUT2D eigenvalue weighted by Crippen LogP contribution is 2.32. The van der Waals surface area contributed by atoms with Crippen molar-refractivity contribution in [2.45, 2.75) is 19.9 Å². The van der Waals surface area contributed by atoms with E-state index in [9.17, 15) is 4.79 Å². The summed E-state index contributed by atoms with van der Waals surface area (Å²) in [6, 6.07) is 12.5. The number of benzene rings is 2. The molecule has 0 saturated heterocycles. The number of allylic oxidation sites excluding steroid dienone is 1. The first kappa shape index (κ1) is 18.7. The Morgan fingerprint density at radius 3 is 2.42 bits per heavy atom. The molecule has 0 saturated carbocycles. The molecule has 0 spiro atoms. The van der Waals surface area contributed by atoms with Gasteiger partial charge >= 0.3 is 0 Å². The molecule has 0 aromatic heterocycles. The predicted molar refractivity (Wildman–Crippen MR) is 111 cm³/mol. The molecule has 2 aromatic rings. The Hall–Kier alpha value is -2.08. The SMILES string of the molecule is CC1=C(C(=O)Nc2ccc(C)cc2)C(c2ccc(Cl)c(Cl)c2)NC(=S)N1. The summed E-state index contributed by atoms with van der Waals surface area (Å²) in [5.74, 6) is -0.218. The molecule has 1 aliphatic rings. The largest absolute Gasteiger partial charge is 0.351 e. The fraction of sp³-hybridized carbons (Fsp3) is 0.158. The Kier molecular flexibility index (Phi) is 5.51. The molecule has 1 amide bonds. The standard InChI is InChI=1S/C19H17Cl2N3OS/c1-10-3-6-13(7-4-10)23-18(25)16-11(2)22-19(26)24-17(16)12-5-8-14(20)15(21)9-12/h3-9,17H,1-2H3,(H,23,25)(H2,22,24,26). The summed E-state index contributed by atoms with van der Waals surface area (Å²) in [6.45, 7) is 3.82. The third-order valence-corrected chi connectivity index (χ3v) is 5.06. The third kappa shape index (κ3) is 4.01. The normalized spacial score (nSPS) is 16.8. The van der Waals surface area contributed by atoms with Crippen LogP contribution in [0, 0.1) is 6.92 Å². The predicted octanol–water partition coefficient (Wildman–Crippen LogP) is 4.73. The zero-order valence-corrected chi connectivity index (χ0v) is 16.5. The van der Waals surface area contributed by atoms with E-state index in [-0.39, 0.29) is 5.91 Å². The molecule has 0 aliphatic carbocycles. The topological polar surface area (TPSA) is 53.2 Å². The van der Waals surface area contributed by atoms with Crippen molar-refractivity contribution in [1.29, 1.82) is 0 Å². The van der Waals surface area contributed by atoms with Crippen LogP contribution in [0.3, 0.4) is 0 Å². The summed E-state index contributed by atoms with van der Waals surface area (Å²) in [5.41, 5.74) is 3.88. The van der Waals surface area contributed by atoms with Gasteiger partial charge in [0, 0.05) is 11.4 Å². The minimum absolute atomic E-state index is 0.218. The van der Waals surface area contributed by atoms with E-state index in [0.29, 0.717) is 26.4 Å². The lowest BCUT2D eigenvalue weighted by Crippen LogP contribution is -2.45. The molecule has 0 fully saturated rings. The Labute approximate surface area is 167 Å². The van der Waals surface area contributed by atoms with E-state index in [0.717, 1.165) is 16.8 Å². The van der Waals surface area contributed by atoms with Gasteiger partial charge in [-0.1, -0.05) is 47.0 Å². The van der Waals surface area contributed by atoms with Gasteiger partial charge in [-0.15, -0.1) is 0 Å². The van der Waals surface area contributed by atoms with Crippen molar-refractivity contribution >= 4 is 52.1 Å². The van der Waals surface area contributed by atoms with E-state index in [1.807, 2.05) is 44.2 Å². The Morgan fingerprint density at radius 2 is 1.77 bits per heavy atom. The highest BCUT2D eigenvalue weighted by molar-refractivity contribution is 7.80. The van der Waals surface area contributed by atoms with Gasteiger partial charge in [-0.3, -0.25) is 4.79 Å². The van der Waals surface area contributed by atoms with Gasteiger partial charge in [0.2, 0.25) is 0 Å². The molecule has 1 atom stereocenters. The number of nitrogens with one attached hydrogen (secondary N) is 3. The molecule has 1 heterocycles. The number of aryl methyl sites for hydroxylation is 1. The van der Waals surface area contributed by atoms with E-state index in [1.165, 1.54) is 0 Å². The molecule has 3 N–H and O–H groups in total. The van der Waals surface area contributed by atoms with Crippen molar-refractivity contribution in [3.63, 3.8) is 0 Å². The summed E-state index contributed by atoms with van der Waals surface area (Å²) in [6.07, 6.45) is 0. The fourth-order valence-electron chi connectivity index (χ4n) is 2.77. The number of carbonyl (C=O) groups excluding carboxylic acids is 1. The minimum atomic E-state index is -0.427. The third-order valence-electron chi connectivity index (χ3n) is 4.10. The zero-order chi connectivity index (χ0) is 18.8. The van der Waals surface area contributed by atoms with Crippen molar-refractivity contribution in [1.82, 2.24) is 10.6 Å². The lowest BCUT2D eigenvalue weighted by Gasteiger charge is -2.30. The number of thiocarbonyl (C=S) groups is 1. The molecule has 7 heteroatoms. The lowest BCUT2D eigenvalue weighted by molar-refractivity contribution is -0.113. The van der Waals surface area contributed by atoms with E-state index in [4.69, 9.17) is 35.4 Å². The molecule has 2 aromatic carbocycles. The van der Waals surface area contributed by atoms with Crippen molar-refractivity contribution in [2.24, 2.45) is 0 Å². The highest BCUT2D eigenvalue weighted by Gasteiger charge is 2.30. The molecule has 1 unspecified atom stereocenters. The van der Waals surface area contributed by atoms with Crippen LogP contribution in [-0.2, 0) is 4.79 Å². The lowest BCUT2D eigenvalue weighted by atomic mass is 9.95. The second-order valence-corrected chi connectivity index (χ2v) is 7.29. The van der Waals surface area contributed by atoms with Crippen LogP contribution in [0.2, 0.25) is 10.0 Å². The van der Waals surface area contributed by atoms with Gasteiger partial charge in [0.15, 0.2) is 5.11 Å². The van der Waals surface area contributed by atoms with Gasteiger partial charge in [0.05, 0.1) is 21.7 Å². The highest BCUT2D eigenvalue weighted by atomic mass is 35.5. The van der Waals surface area contributed by atoms with Gasteiger partial charge in [-0.25, -0.2) is 0 Å². The molecular weight excluding hydrogens is 389 g/mol. The summed E-state index contributed by atoms with van der Waals surface area (Å²) in [5, 5.41) is 10.4. The number of hydrogen-bond acceptors (Lipinski definition) is 2. The minimum Gasteiger partial charge on any atom is -0.351 e. The molecule has 1 aliphatic heterocycles. The van der Waals surface area contributed by atoms with Gasteiger partial charge in [0.25, 0.3) is 5.91 Å². The monoisotopic (exact) mass is 405 g/mol.